The highest BCUT2D eigenvalue weighted by atomic mass is 14.8. The van der Waals surface area contributed by atoms with Crippen LogP contribution in [0.5, 0.6) is 0 Å². The predicted octanol–water partition coefficient (Wildman–Crippen LogP) is 10.7. The van der Waals surface area contributed by atoms with E-state index in [1.54, 1.807) is 0 Å². The molecule has 0 spiro atoms. The Kier molecular flexibility index (Phi) is 7.45. The maximum absolute atomic E-state index is 5.49. The zero-order valence-electron chi connectivity index (χ0n) is 24.4. The van der Waals surface area contributed by atoms with Crippen LogP contribution in [0.2, 0.25) is 0 Å². The smallest absolute Gasteiger partial charge is 0.0788 e. The highest BCUT2D eigenvalue weighted by Crippen LogP contribution is 2.44. The molecule has 208 valence electrons. The molecule has 0 radical (unpaired) electrons. The van der Waals surface area contributed by atoms with Crippen molar-refractivity contribution in [1.82, 2.24) is 4.98 Å². The summed E-state index contributed by atoms with van der Waals surface area (Å²) in [6.45, 7) is 2.14. The fraction of sp³-hybridized carbons (Fsp3) is 0.225. The van der Waals surface area contributed by atoms with E-state index in [1.165, 1.54) is 88.7 Å². The first kappa shape index (κ1) is 26.5. The number of aromatic nitrogens is 1. The van der Waals surface area contributed by atoms with Gasteiger partial charge in [0.05, 0.1) is 17.1 Å². The Morgan fingerprint density at radius 3 is 2.02 bits per heavy atom. The van der Waals surface area contributed by atoms with Crippen molar-refractivity contribution >= 4 is 17.0 Å². The number of aliphatic imine (C=N–C) groups is 1. The van der Waals surface area contributed by atoms with Gasteiger partial charge in [0.2, 0.25) is 0 Å². The van der Waals surface area contributed by atoms with Gasteiger partial charge in [-0.25, -0.2) is 4.99 Å². The average Bonchev–Trinajstić information content (AvgIpc) is 3.66. The second-order valence-corrected chi connectivity index (χ2v) is 11.9. The van der Waals surface area contributed by atoms with Crippen LogP contribution in [0.1, 0.15) is 72.9 Å². The summed E-state index contributed by atoms with van der Waals surface area (Å²) in [7, 11) is 0. The lowest BCUT2D eigenvalue weighted by Gasteiger charge is -2.22. The van der Waals surface area contributed by atoms with Gasteiger partial charge in [0.1, 0.15) is 0 Å². The molecule has 1 aliphatic heterocycles. The molecular formula is C40H38N2. The minimum absolute atomic E-state index is 0.787. The zero-order valence-corrected chi connectivity index (χ0v) is 24.4. The molecule has 4 aromatic carbocycles. The second-order valence-electron chi connectivity index (χ2n) is 11.9. The number of hydrogen-bond acceptors (Lipinski definition) is 1. The molecule has 2 heteroatoms. The Labute approximate surface area is 249 Å². The summed E-state index contributed by atoms with van der Waals surface area (Å²) in [4.78, 5) is 9.42. The van der Waals surface area contributed by atoms with Crippen molar-refractivity contribution in [1.29, 1.82) is 0 Å². The van der Waals surface area contributed by atoms with Crippen LogP contribution in [0, 0.1) is 12.8 Å². The molecule has 0 atom stereocenters. The molecule has 0 unspecified atom stereocenters. The van der Waals surface area contributed by atoms with Gasteiger partial charge in [-0.05, 0) is 42.9 Å². The van der Waals surface area contributed by atoms with Crippen molar-refractivity contribution in [2.75, 3.05) is 0 Å². The zero-order chi connectivity index (χ0) is 28.3. The molecule has 1 saturated carbocycles. The third kappa shape index (κ3) is 5.30. The molecule has 1 aromatic heterocycles. The normalized spacial score (nSPS) is 16.3. The maximum Gasteiger partial charge on any atom is 0.0788 e. The Hall–Kier alpha value is -4.43. The predicted molar refractivity (Wildman–Crippen MR) is 178 cm³/mol. The molecular weight excluding hydrogens is 508 g/mol. The summed E-state index contributed by atoms with van der Waals surface area (Å²) >= 11 is 0. The Balaban J connectivity index is 1.44. The first-order valence-electron chi connectivity index (χ1n) is 15.6. The number of nitrogens with zero attached hydrogens (tertiary/aromatic N) is 1. The third-order valence-electron chi connectivity index (χ3n) is 9.09. The van der Waals surface area contributed by atoms with E-state index < -0.39 is 0 Å². The van der Waals surface area contributed by atoms with Gasteiger partial charge in [-0.2, -0.15) is 0 Å². The van der Waals surface area contributed by atoms with Gasteiger partial charge in [-0.3, -0.25) is 0 Å². The first-order chi connectivity index (χ1) is 20.7. The lowest BCUT2D eigenvalue weighted by molar-refractivity contribution is 0.342. The highest BCUT2D eigenvalue weighted by molar-refractivity contribution is 6.22. The lowest BCUT2D eigenvalue weighted by atomic mass is 9.84. The van der Waals surface area contributed by atoms with Crippen LogP contribution >= 0.6 is 0 Å². The summed E-state index contributed by atoms with van der Waals surface area (Å²) < 4.78 is 0. The van der Waals surface area contributed by atoms with Crippen LogP contribution in [0.4, 0.5) is 0 Å². The summed E-state index contributed by atoms with van der Waals surface area (Å²) in [5, 5.41) is 0. The number of fused-ring (bicyclic) bond motifs is 1. The first-order valence-corrected chi connectivity index (χ1v) is 15.6. The maximum atomic E-state index is 5.49. The minimum Gasteiger partial charge on any atom is -0.354 e. The number of rotatable bonds is 7. The van der Waals surface area contributed by atoms with Crippen LogP contribution in [0.15, 0.2) is 120 Å². The molecule has 5 aromatic rings. The van der Waals surface area contributed by atoms with Crippen LogP contribution in [-0.2, 0) is 0 Å². The van der Waals surface area contributed by atoms with E-state index in [0.29, 0.717) is 0 Å². The molecule has 0 bridgehead atoms. The van der Waals surface area contributed by atoms with E-state index in [-0.39, 0.29) is 0 Å². The summed E-state index contributed by atoms with van der Waals surface area (Å²) in [5.74, 6) is 0.787. The topological polar surface area (TPSA) is 28.1 Å². The van der Waals surface area contributed by atoms with Crippen molar-refractivity contribution in [3.8, 4) is 22.4 Å². The summed E-state index contributed by atoms with van der Waals surface area (Å²) in [6.07, 6.45) is 9.02. The number of nitrogens with one attached hydrogen (secondary N) is 1. The van der Waals surface area contributed by atoms with Crippen LogP contribution in [0.25, 0.3) is 33.7 Å². The van der Waals surface area contributed by atoms with Gasteiger partial charge in [0.15, 0.2) is 0 Å². The van der Waals surface area contributed by atoms with Gasteiger partial charge >= 0.3 is 0 Å². The Bertz CT molecular complexity index is 1730. The molecule has 1 fully saturated rings. The molecule has 7 rings (SSSR count). The number of benzene rings is 4. The second kappa shape index (κ2) is 11.8. The standard InChI is InChI=1S/C40H38N2/c1-28-21-24-32(25-22-28)38-33-19-11-12-20-34(33)39(42-38)35(26-23-29-13-5-2-6-14-29)40-36(30-15-7-3-8-16-30)27-37(41-40)31-17-9-4-10-18-31/h3-4,7-12,15-22,24-25,27,29,41H,2,5-6,13-14,23,26H2,1H3. The average molecular weight is 547 g/mol. The van der Waals surface area contributed by atoms with E-state index in [9.17, 15) is 0 Å². The molecule has 2 nitrogen and oxygen atoms in total. The SMILES string of the molecule is Cc1ccc(C2=NC(=C(CCC3CCCCC3)c3[nH]c(-c4ccccc4)cc3-c3ccccc3)c3ccccc32)cc1. The molecule has 42 heavy (non-hydrogen) atoms. The summed E-state index contributed by atoms with van der Waals surface area (Å²) in [5.41, 5.74) is 14.5. The molecule has 1 aliphatic carbocycles. The van der Waals surface area contributed by atoms with Crippen LogP contribution in [-0.4, -0.2) is 10.7 Å². The molecule has 1 N–H and O–H groups in total. The Morgan fingerprint density at radius 1 is 0.667 bits per heavy atom. The fourth-order valence-electron chi connectivity index (χ4n) is 6.79. The molecule has 0 amide bonds. The van der Waals surface area contributed by atoms with Crippen LogP contribution in [0.3, 0.4) is 0 Å². The van der Waals surface area contributed by atoms with E-state index in [4.69, 9.17) is 4.99 Å². The van der Waals surface area contributed by atoms with Gasteiger partial charge in [0.25, 0.3) is 0 Å². The summed E-state index contributed by atoms with van der Waals surface area (Å²) in [6, 6.07) is 41.5. The number of H-pyrrole nitrogens is 1. The molecule has 2 heterocycles. The molecule has 0 saturated heterocycles. The van der Waals surface area contributed by atoms with Gasteiger partial charge in [-0.1, -0.05) is 147 Å². The lowest BCUT2D eigenvalue weighted by Crippen LogP contribution is -2.07. The number of allylic oxidation sites excluding steroid dienone is 1. The van der Waals surface area contributed by atoms with Gasteiger partial charge in [0, 0.05) is 33.5 Å². The van der Waals surface area contributed by atoms with Gasteiger partial charge in [-0.15, -0.1) is 0 Å². The van der Waals surface area contributed by atoms with Crippen molar-refractivity contribution < 1.29 is 0 Å². The fourth-order valence-corrected chi connectivity index (χ4v) is 6.79. The van der Waals surface area contributed by atoms with Crippen molar-refractivity contribution in [2.45, 2.75) is 51.9 Å². The van der Waals surface area contributed by atoms with Crippen molar-refractivity contribution in [3.05, 3.63) is 143 Å². The largest absolute Gasteiger partial charge is 0.354 e. The number of hydrogen-bond donors (Lipinski definition) is 1. The Morgan fingerprint density at radius 2 is 1.31 bits per heavy atom. The van der Waals surface area contributed by atoms with E-state index in [1.807, 2.05) is 0 Å². The van der Waals surface area contributed by atoms with Crippen molar-refractivity contribution in [3.63, 3.8) is 0 Å². The van der Waals surface area contributed by atoms with E-state index >= 15 is 0 Å². The van der Waals surface area contributed by atoms with Crippen molar-refractivity contribution in [2.24, 2.45) is 10.9 Å². The third-order valence-corrected chi connectivity index (χ3v) is 9.09. The number of aryl methyl sites for hydroxylation is 1. The minimum atomic E-state index is 0.787. The quantitative estimate of drug-likeness (QED) is 0.210. The van der Waals surface area contributed by atoms with Crippen LogP contribution < -0.4 is 0 Å². The highest BCUT2D eigenvalue weighted by Gasteiger charge is 2.27. The number of aromatic amines is 1. The van der Waals surface area contributed by atoms with E-state index in [0.717, 1.165) is 29.4 Å². The van der Waals surface area contributed by atoms with Gasteiger partial charge < -0.3 is 4.98 Å². The molecule has 2 aliphatic rings. The van der Waals surface area contributed by atoms with E-state index in [2.05, 4.69) is 127 Å². The monoisotopic (exact) mass is 546 g/mol.